The number of aliphatic hydroxyl groups is 1. The molecule has 1 heterocycles. The average Bonchev–Trinajstić information content (AvgIpc) is 2.70. The summed E-state index contributed by atoms with van der Waals surface area (Å²) >= 11 is 3.29. The first-order chi connectivity index (χ1) is 7.14. The molecule has 4 nitrogen and oxygen atoms in total. The van der Waals surface area contributed by atoms with Crippen molar-refractivity contribution in [2.45, 2.75) is 36.1 Å². The van der Waals surface area contributed by atoms with Crippen molar-refractivity contribution in [2.75, 3.05) is 12.4 Å². The van der Waals surface area contributed by atoms with E-state index in [1.165, 1.54) is 0 Å². The summed E-state index contributed by atoms with van der Waals surface area (Å²) in [6, 6.07) is 0. The highest BCUT2D eigenvalue weighted by molar-refractivity contribution is 8.00. The molecule has 0 fully saturated rings. The Morgan fingerprint density at radius 3 is 3.00 bits per heavy atom. The Balaban J connectivity index is 2.03. The van der Waals surface area contributed by atoms with Crippen molar-refractivity contribution in [1.29, 1.82) is 0 Å². The number of aromatic nitrogens is 2. The summed E-state index contributed by atoms with van der Waals surface area (Å²) in [5, 5.41) is 16.7. The fourth-order valence-corrected chi connectivity index (χ4v) is 2.65. The fraction of sp³-hybridized carbons (Fsp3) is 0.778. The molecular formula is C9H17N3OS2. The van der Waals surface area contributed by atoms with E-state index in [9.17, 15) is 0 Å². The largest absolute Gasteiger partial charge is 0.394 e. The van der Waals surface area contributed by atoms with Gasteiger partial charge in [-0.15, -0.1) is 10.2 Å². The maximum absolute atomic E-state index is 8.95. The molecule has 0 aliphatic heterocycles. The second kappa shape index (κ2) is 6.42. The van der Waals surface area contributed by atoms with Crippen molar-refractivity contribution in [1.82, 2.24) is 10.2 Å². The molecule has 6 heteroatoms. The van der Waals surface area contributed by atoms with E-state index in [1.54, 1.807) is 28.6 Å². The summed E-state index contributed by atoms with van der Waals surface area (Å²) in [6.07, 6.45) is 3.00. The number of hydrogen-bond acceptors (Lipinski definition) is 6. The normalized spacial score (nSPS) is 15.1. The molecule has 0 aliphatic rings. The third-order valence-electron chi connectivity index (χ3n) is 2.07. The third-order valence-corrected chi connectivity index (χ3v) is 4.02. The van der Waals surface area contributed by atoms with Crippen LogP contribution in [-0.2, 0) is 0 Å². The van der Waals surface area contributed by atoms with E-state index in [0.717, 1.165) is 29.4 Å². The molecule has 0 saturated carbocycles. The molecule has 0 bridgehead atoms. The van der Waals surface area contributed by atoms with Gasteiger partial charge in [0.2, 0.25) is 0 Å². The van der Waals surface area contributed by atoms with Crippen LogP contribution in [0, 0.1) is 0 Å². The van der Waals surface area contributed by atoms with Gasteiger partial charge in [0, 0.05) is 11.3 Å². The van der Waals surface area contributed by atoms with E-state index in [0.29, 0.717) is 0 Å². The van der Waals surface area contributed by atoms with E-state index in [1.807, 2.05) is 6.92 Å². The highest BCUT2D eigenvalue weighted by Gasteiger charge is 2.15. The Bertz CT molecular complexity index is 264. The van der Waals surface area contributed by atoms with E-state index < -0.39 is 5.54 Å². The van der Waals surface area contributed by atoms with Crippen molar-refractivity contribution in [3.05, 3.63) is 5.51 Å². The number of hydrogen-bond donors (Lipinski definition) is 2. The van der Waals surface area contributed by atoms with E-state index >= 15 is 0 Å². The van der Waals surface area contributed by atoms with Crippen LogP contribution >= 0.6 is 23.1 Å². The third kappa shape index (κ3) is 5.46. The Morgan fingerprint density at radius 1 is 1.60 bits per heavy atom. The quantitative estimate of drug-likeness (QED) is 0.564. The summed E-state index contributed by atoms with van der Waals surface area (Å²) in [4.78, 5) is 0. The molecule has 0 spiro atoms. The van der Waals surface area contributed by atoms with Crippen LogP contribution in [0.2, 0.25) is 0 Å². The van der Waals surface area contributed by atoms with Gasteiger partial charge in [0.1, 0.15) is 5.51 Å². The molecule has 1 unspecified atom stereocenters. The van der Waals surface area contributed by atoms with Gasteiger partial charge >= 0.3 is 0 Å². The molecule has 0 radical (unpaired) electrons. The first-order valence-electron chi connectivity index (χ1n) is 4.93. The summed E-state index contributed by atoms with van der Waals surface area (Å²) in [7, 11) is 0. The molecule has 1 atom stereocenters. The number of nitrogens with zero attached hydrogens (tertiary/aromatic N) is 2. The fourth-order valence-electron chi connectivity index (χ4n) is 1.10. The maximum Gasteiger partial charge on any atom is 0.174 e. The SMILES string of the molecule is CC(N)(CO)CCCCSc1nncs1. The lowest BCUT2D eigenvalue weighted by molar-refractivity contribution is 0.198. The van der Waals surface area contributed by atoms with Crippen molar-refractivity contribution < 1.29 is 5.11 Å². The zero-order valence-corrected chi connectivity index (χ0v) is 10.5. The van der Waals surface area contributed by atoms with Gasteiger partial charge in [-0.1, -0.05) is 29.5 Å². The number of unbranched alkanes of at least 4 members (excludes halogenated alkanes) is 1. The van der Waals surface area contributed by atoms with E-state index in [-0.39, 0.29) is 6.61 Å². The standard InChI is InChI=1S/C9H17N3OS2/c1-9(10,6-13)4-2-3-5-14-8-12-11-7-15-8/h7,13H,2-6,10H2,1H3. The number of aliphatic hydroxyl groups excluding tert-OH is 1. The Labute approximate surface area is 98.3 Å². The minimum Gasteiger partial charge on any atom is -0.394 e. The summed E-state index contributed by atoms with van der Waals surface area (Å²) in [5.41, 5.74) is 7.13. The molecule has 1 aromatic rings. The van der Waals surface area contributed by atoms with Gasteiger partial charge in [0.25, 0.3) is 0 Å². The molecular weight excluding hydrogens is 230 g/mol. The zero-order chi connectivity index (χ0) is 11.1. The van der Waals surface area contributed by atoms with Crippen molar-refractivity contribution in [3.8, 4) is 0 Å². The van der Waals surface area contributed by atoms with Gasteiger partial charge in [-0.05, 0) is 19.8 Å². The first kappa shape index (κ1) is 12.9. The Kier molecular flexibility index (Phi) is 5.52. The summed E-state index contributed by atoms with van der Waals surface area (Å²) < 4.78 is 1.02. The molecule has 1 rings (SSSR count). The van der Waals surface area contributed by atoms with Crippen LogP contribution in [0.15, 0.2) is 9.85 Å². The second-order valence-corrected chi connectivity index (χ2v) is 6.00. The first-order valence-corrected chi connectivity index (χ1v) is 6.79. The van der Waals surface area contributed by atoms with Crippen LogP contribution in [0.3, 0.4) is 0 Å². The highest BCUT2D eigenvalue weighted by Crippen LogP contribution is 2.21. The average molecular weight is 247 g/mol. The van der Waals surface area contributed by atoms with Crippen LogP contribution in [0.4, 0.5) is 0 Å². The minimum atomic E-state index is -0.423. The predicted molar refractivity (Wildman–Crippen MR) is 64.2 cm³/mol. The van der Waals surface area contributed by atoms with Gasteiger partial charge in [0.15, 0.2) is 4.34 Å². The van der Waals surface area contributed by atoms with Gasteiger partial charge < -0.3 is 10.8 Å². The van der Waals surface area contributed by atoms with Gasteiger partial charge in [-0.25, -0.2) is 0 Å². The lowest BCUT2D eigenvalue weighted by Gasteiger charge is -2.20. The minimum absolute atomic E-state index is 0.0521. The van der Waals surface area contributed by atoms with Crippen LogP contribution in [0.5, 0.6) is 0 Å². The van der Waals surface area contributed by atoms with Gasteiger partial charge in [-0.3, -0.25) is 0 Å². The van der Waals surface area contributed by atoms with Gasteiger partial charge in [0.05, 0.1) is 6.61 Å². The second-order valence-electron chi connectivity index (χ2n) is 3.82. The summed E-state index contributed by atoms with van der Waals surface area (Å²) in [5.74, 6) is 1.04. The summed E-state index contributed by atoms with van der Waals surface area (Å²) in [6.45, 7) is 1.93. The molecule has 86 valence electrons. The molecule has 15 heavy (non-hydrogen) atoms. The van der Waals surface area contributed by atoms with Gasteiger partial charge in [-0.2, -0.15) is 0 Å². The zero-order valence-electron chi connectivity index (χ0n) is 8.85. The predicted octanol–water partition coefficient (Wildman–Crippen LogP) is 1.51. The van der Waals surface area contributed by atoms with E-state index in [4.69, 9.17) is 10.8 Å². The Hall–Kier alpha value is -0.170. The lowest BCUT2D eigenvalue weighted by atomic mass is 9.98. The van der Waals surface area contributed by atoms with Crippen LogP contribution in [0.25, 0.3) is 0 Å². The smallest absolute Gasteiger partial charge is 0.174 e. The van der Waals surface area contributed by atoms with Crippen molar-refractivity contribution in [2.24, 2.45) is 5.73 Å². The van der Waals surface area contributed by atoms with Crippen molar-refractivity contribution >= 4 is 23.1 Å². The highest BCUT2D eigenvalue weighted by atomic mass is 32.2. The molecule has 0 amide bonds. The topological polar surface area (TPSA) is 72.0 Å². The lowest BCUT2D eigenvalue weighted by Crippen LogP contribution is -2.39. The molecule has 0 aliphatic carbocycles. The van der Waals surface area contributed by atoms with Crippen LogP contribution in [0.1, 0.15) is 26.2 Å². The number of nitrogens with two attached hydrogens (primary N) is 1. The molecule has 1 aromatic heterocycles. The molecule has 0 saturated heterocycles. The van der Waals surface area contributed by atoms with Crippen LogP contribution in [-0.4, -0.2) is 33.2 Å². The maximum atomic E-state index is 8.95. The van der Waals surface area contributed by atoms with E-state index in [2.05, 4.69) is 10.2 Å². The van der Waals surface area contributed by atoms with Crippen molar-refractivity contribution in [3.63, 3.8) is 0 Å². The number of thioether (sulfide) groups is 1. The number of rotatable bonds is 7. The molecule has 0 aromatic carbocycles. The monoisotopic (exact) mass is 247 g/mol. The van der Waals surface area contributed by atoms with Crippen LogP contribution < -0.4 is 5.73 Å². The molecule has 3 N–H and O–H groups in total. The Morgan fingerprint density at radius 2 is 2.40 bits per heavy atom.